The molecule has 1 aromatic rings. The largest absolute Gasteiger partial charge is 0.416 e. The molecule has 0 fully saturated rings. The van der Waals surface area contributed by atoms with Crippen molar-refractivity contribution in [2.24, 2.45) is 0 Å². The van der Waals surface area contributed by atoms with Gasteiger partial charge < -0.3 is 5.32 Å². The molecular weight excluding hydrogens is 288 g/mol. The van der Waals surface area contributed by atoms with Gasteiger partial charge in [-0.1, -0.05) is 18.7 Å². The van der Waals surface area contributed by atoms with E-state index in [1.165, 1.54) is 0 Å². The van der Waals surface area contributed by atoms with Gasteiger partial charge in [0, 0.05) is 0 Å². The molecule has 0 spiro atoms. The molecule has 1 atom stereocenters. The summed E-state index contributed by atoms with van der Waals surface area (Å²) in [7, 11) is 0. The molecule has 0 aliphatic rings. The van der Waals surface area contributed by atoms with Crippen LogP contribution in [0.5, 0.6) is 0 Å². The number of rotatable bonds is 3. The second kappa shape index (κ2) is 5.56. The maximum Gasteiger partial charge on any atom is 0.416 e. The van der Waals surface area contributed by atoms with Crippen LogP contribution in [0.1, 0.15) is 17.2 Å². The lowest BCUT2D eigenvalue weighted by atomic mass is 10.0. The molecule has 1 unspecified atom stereocenters. The average molecular weight is 297 g/mol. The van der Waals surface area contributed by atoms with Crippen LogP contribution in [0.15, 0.2) is 36.9 Å². The summed E-state index contributed by atoms with van der Waals surface area (Å²) < 4.78 is 75.8. The van der Waals surface area contributed by atoms with Crippen LogP contribution >= 0.6 is 0 Å². The quantitative estimate of drug-likeness (QED) is 0.670. The maximum atomic E-state index is 12.8. The lowest BCUT2D eigenvalue weighted by Crippen LogP contribution is -2.37. The van der Waals surface area contributed by atoms with Crippen molar-refractivity contribution in [1.82, 2.24) is 5.32 Å². The first-order valence-corrected chi connectivity index (χ1v) is 5.22. The van der Waals surface area contributed by atoms with Gasteiger partial charge in [-0.25, -0.2) is 0 Å². The predicted molar refractivity (Wildman–Crippen MR) is 58.6 cm³/mol. The van der Waals surface area contributed by atoms with Crippen molar-refractivity contribution in [2.45, 2.75) is 18.4 Å². The molecule has 0 aromatic heterocycles. The van der Waals surface area contributed by atoms with Gasteiger partial charge in [-0.15, -0.1) is 0 Å². The van der Waals surface area contributed by atoms with Gasteiger partial charge in [0.05, 0.1) is 5.56 Å². The molecule has 0 aliphatic carbocycles. The standard InChI is InChI=1S/C12H9F6NO/c1-2-9(20)19-10(12(16,17)18)7-4-3-5-8(6-7)11(13,14)15/h2-6,10H,1H2,(H,19,20). The average Bonchev–Trinajstić information content (AvgIpc) is 2.33. The summed E-state index contributed by atoms with van der Waals surface area (Å²) in [5.74, 6) is -1.13. The molecule has 8 heteroatoms. The topological polar surface area (TPSA) is 29.1 Å². The van der Waals surface area contributed by atoms with E-state index in [2.05, 4.69) is 6.58 Å². The maximum absolute atomic E-state index is 12.8. The summed E-state index contributed by atoms with van der Waals surface area (Å²) in [4.78, 5) is 11.0. The molecule has 1 aromatic carbocycles. The van der Waals surface area contributed by atoms with Crippen LogP contribution < -0.4 is 5.32 Å². The number of hydrogen-bond acceptors (Lipinski definition) is 1. The van der Waals surface area contributed by atoms with Crippen LogP contribution in [0, 0.1) is 0 Å². The number of halogens is 6. The Labute approximate surface area is 110 Å². The number of carbonyl (C=O) groups excluding carboxylic acids is 1. The fourth-order valence-corrected chi connectivity index (χ4v) is 1.45. The lowest BCUT2D eigenvalue weighted by molar-refractivity contribution is -0.162. The molecule has 1 rings (SSSR count). The van der Waals surface area contributed by atoms with Crippen molar-refractivity contribution < 1.29 is 31.1 Å². The summed E-state index contributed by atoms with van der Waals surface area (Å²) >= 11 is 0. The lowest BCUT2D eigenvalue weighted by Gasteiger charge is -2.22. The molecule has 0 saturated heterocycles. The van der Waals surface area contributed by atoms with Crippen molar-refractivity contribution in [3.8, 4) is 0 Å². The van der Waals surface area contributed by atoms with Crippen molar-refractivity contribution in [3.05, 3.63) is 48.0 Å². The minimum Gasteiger partial charge on any atom is -0.337 e. The van der Waals surface area contributed by atoms with Crippen molar-refractivity contribution >= 4 is 5.91 Å². The van der Waals surface area contributed by atoms with Crippen LogP contribution in [-0.2, 0) is 11.0 Å². The third kappa shape index (κ3) is 4.01. The highest BCUT2D eigenvalue weighted by Gasteiger charge is 2.42. The first kappa shape index (κ1) is 16.1. The monoisotopic (exact) mass is 297 g/mol. The van der Waals surface area contributed by atoms with Gasteiger partial charge >= 0.3 is 12.4 Å². The number of carbonyl (C=O) groups is 1. The van der Waals surface area contributed by atoms with Crippen LogP contribution in [-0.4, -0.2) is 12.1 Å². The summed E-state index contributed by atoms with van der Waals surface area (Å²) in [6.45, 7) is 2.99. The van der Waals surface area contributed by atoms with E-state index in [0.29, 0.717) is 18.2 Å². The van der Waals surface area contributed by atoms with E-state index in [1.54, 1.807) is 5.32 Å². The van der Waals surface area contributed by atoms with Crippen molar-refractivity contribution in [1.29, 1.82) is 0 Å². The zero-order valence-electron chi connectivity index (χ0n) is 9.85. The van der Waals surface area contributed by atoms with Crippen LogP contribution in [0.4, 0.5) is 26.3 Å². The molecule has 2 nitrogen and oxygen atoms in total. The Hall–Kier alpha value is -1.99. The van der Waals surface area contributed by atoms with Crippen molar-refractivity contribution in [3.63, 3.8) is 0 Å². The molecule has 0 heterocycles. The SMILES string of the molecule is C=CC(=O)NC(c1cccc(C(F)(F)F)c1)C(F)(F)F. The molecule has 1 N–H and O–H groups in total. The molecule has 0 radical (unpaired) electrons. The molecule has 20 heavy (non-hydrogen) atoms. The van der Waals surface area contributed by atoms with E-state index in [-0.39, 0.29) is 0 Å². The summed E-state index contributed by atoms with van der Waals surface area (Å²) in [6, 6.07) is 0.164. The van der Waals surface area contributed by atoms with E-state index < -0.39 is 35.4 Å². The van der Waals surface area contributed by atoms with Gasteiger partial charge in [-0.05, 0) is 23.8 Å². The molecular formula is C12H9F6NO. The van der Waals surface area contributed by atoms with Gasteiger partial charge in [0.25, 0.3) is 0 Å². The highest BCUT2D eigenvalue weighted by atomic mass is 19.4. The number of benzene rings is 1. The number of alkyl halides is 6. The second-order valence-electron chi connectivity index (χ2n) is 3.81. The van der Waals surface area contributed by atoms with E-state index in [9.17, 15) is 31.1 Å². The predicted octanol–water partition coefficient (Wildman–Crippen LogP) is 3.61. The Morgan fingerprint density at radius 1 is 1.20 bits per heavy atom. The smallest absolute Gasteiger partial charge is 0.337 e. The van der Waals surface area contributed by atoms with Crippen LogP contribution in [0.3, 0.4) is 0 Å². The van der Waals surface area contributed by atoms with Gasteiger partial charge in [0.15, 0.2) is 6.04 Å². The van der Waals surface area contributed by atoms with Gasteiger partial charge in [0.1, 0.15) is 0 Å². The number of amides is 1. The van der Waals surface area contributed by atoms with Gasteiger partial charge in [-0.3, -0.25) is 4.79 Å². The summed E-state index contributed by atoms with van der Waals surface area (Å²) in [5.41, 5.74) is -1.93. The third-order valence-corrected chi connectivity index (χ3v) is 2.35. The summed E-state index contributed by atoms with van der Waals surface area (Å²) in [5, 5.41) is 1.55. The van der Waals surface area contributed by atoms with Crippen molar-refractivity contribution in [2.75, 3.05) is 0 Å². The Morgan fingerprint density at radius 3 is 2.25 bits per heavy atom. The molecule has 0 bridgehead atoms. The van der Waals surface area contributed by atoms with E-state index in [1.807, 2.05) is 0 Å². The fourth-order valence-electron chi connectivity index (χ4n) is 1.45. The molecule has 110 valence electrons. The molecule has 0 saturated carbocycles. The Balaban J connectivity index is 3.21. The summed E-state index contributed by atoms with van der Waals surface area (Å²) in [6.07, 6.45) is -9.09. The minimum absolute atomic E-state index is 0.349. The van der Waals surface area contributed by atoms with Gasteiger partial charge in [0.2, 0.25) is 5.91 Å². The number of nitrogens with one attached hydrogen (secondary N) is 1. The minimum atomic E-state index is -4.93. The van der Waals surface area contributed by atoms with Crippen LogP contribution in [0.2, 0.25) is 0 Å². The second-order valence-corrected chi connectivity index (χ2v) is 3.81. The molecule has 0 aliphatic heterocycles. The highest BCUT2D eigenvalue weighted by Crippen LogP contribution is 2.36. The van der Waals surface area contributed by atoms with E-state index in [4.69, 9.17) is 0 Å². The zero-order valence-corrected chi connectivity index (χ0v) is 9.85. The zero-order chi connectivity index (χ0) is 15.6. The normalized spacial score (nSPS) is 13.7. The van der Waals surface area contributed by atoms with Crippen LogP contribution in [0.25, 0.3) is 0 Å². The number of hydrogen-bond donors (Lipinski definition) is 1. The third-order valence-electron chi connectivity index (χ3n) is 2.35. The van der Waals surface area contributed by atoms with Gasteiger partial charge in [-0.2, -0.15) is 26.3 Å². The van der Waals surface area contributed by atoms with E-state index >= 15 is 0 Å². The fraction of sp³-hybridized carbons (Fsp3) is 0.250. The Bertz CT molecular complexity index is 505. The van der Waals surface area contributed by atoms with E-state index in [0.717, 1.165) is 12.1 Å². The Morgan fingerprint density at radius 2 is 1.80 bits per heavy atom. The first-order chi connectivity index (χ1) is 9.05. The Kier molecular flexibility index (Phi) is 4.46. The first-order valence-electron chi connectivity index (χ1n) is 5.22. The molecule has 1 amide bonds. The highest BCUT2D eigenvalue weighted by molar-refractivity contribution is 5.87.